The number of carboxylic acid groups (broad SMARTS) is 1. The SMILES string of the molecule is O=C(CC1CCC(C(=O)O)CC1)c1ccc(C(F)(F)F)cc1. The van der Waals surface area contributed by atoms with Crippen molar-refractivity contribution in [2.75, 3.05) is 0 Å². The Kier molecular flexibility index (Phi) is 4.88. The number of benzene rings is 1. The minimum atomic E-state index is -4.41. The van der Waals surface area contributed by atoms with Crippen LogP contribution in [0.4, 0.5) is 13.2 Å². The normalized spacial score (nSPS) is 22.3. The van der Waals surface area contributed by atoms with Crippen molar-refractivity contribution >= 4 is 11.8 Å². The molecule has 0 radical (unpaired) electrons. The lowest BCUT2D eigenvalue weighted by Gasteiger charge is -2.25. The number of aliphatic carboxylic acids is 1. The number of alkyl halides is 3. The maximum atomic E-state index is 12.5. The zero-order chi connectivity index (χ0) is 16.3. The molecule has 0 heterocycles. The van der Waals surface area contributed by atoms with E-state index < -0.39 is 17.7 Å². The van der Waals surface area contributed by atoms with E-state index >= 15 is 0 Å². The molecule has 0 aromatic heterocycles. The first-order valence-electron chi connectivity index (χ1n) is 7.20. The van der Waals surface area contributed by atoms with Gasteiger partial charge in [0.1, 0.15) is 0 Å². The van der Waals surface area contributed by atoms with Crippen molar-refractivity contribution in [3.05, 3.63) is 35.4 Å². The number of ketones is 1. The van der Waals surface area contributed by atoms with Gasteiger partial charge in [-0.25, -0.2) is 0 Å². The molecule has 2 rings (SSSR count). The predicted molar refractivity (Wildman–Crippen MR) is 73.5 cm³/mol. The Morgan fingerprint density at radius 3 is 2.05 bits per heavy atom. The van der Waals surface area contributed by atoms with Gasteiger partial charge in [-0.15, -0.1) is 0 Å². The summed E-state index contributed by atoms with van der Waals surface area (Å²) in [4.78, 5) is 23.0. The lowest BCUT2D eigenvalue weighted by molar-refractivity contribution is -0.143. The summed E-state index contributed by atoms with van der Waals surface area (Å²) in [6.07, 6.45) is -1.69. The zero-order valence-corrected chi connectivity index (χ0v) is 11.9. The Morgan fingerprint density at radius 1 is 1.05 bits per heavy atom. The van der Waals surface area contributed by atoms with E-state index in [1.54, 1.807) is 0 Å². The average Bonchev–Trinajstić information content (AvgIpc) is 2.47. The van der Waals surface area contributed by atoms with Crippen LogP contribution < -0.4 is 0 Å². The Morgan fingerprint density at radius 2 is 1.59 bits per heavy atom. The zero-order valence-electron chi connectivity index (χ0n) is 11.9. The van der Waals surface area contributed by atoms with Gasteiger partial charge in [0.25, 0.3) is 0 Å². The fraction of sp³-hybridized carbons (Fsp3) is 0.500. The third kappa shape index (κ3) is 4.08. The molecule has 1 aromatic rings. The first-order valence-corrected chi connectivity index (χ1v) is 7.20. The molecule has 0 atom stereocenters. The van der Waals surface area contributed by atoms with E-state index in [4.69, 9.17) is 5.11 Å². The summed E-state index contributed by atoms with van der Waals surface area (Å²) in [5.41, 5.74) is -0.501. The van der Waals surface area contributed by atoms with Crippen LogP contribution in [-0.2, 0) is 11.0 Å². The van der Waals surface area contributed by atoms with Gasteiger partial charge in [0, 0.05) is 12.0 Å². The molecule has 0 spiro atoms. The summed E-state index contributed by atoms with van der Waals surface area (Å²) in [7, 11) is 0. The highest BCUT2D eigenvalue weighted by molar-refractivity contribution is 5.96. The second-order valence-corrected chi connectivity index (χ2v) is 5.76. The summed E-state index contributed by atoms with van der Waals surface area (Å²) in [6.45, 7) is 0. The molecule has 22 heavy (non-hydrogen) atoms. The van der Waals surface area contributed by atoms with Crippen LogP contribution in [0.3, 0.4) is 0 Å². The minimum Gasteiger partial charge on any atom is -0.481 e. The van der Waals surface area contributed by atoms with Gasteiger partial charge in [0.15, 0.2) is 5.78 Å². The van der Waals surface area contributed by atoms with Gasteiger partial charge in [0.2, 0.25) is 0 Å². The smallest absolute Gasteiger partial charge is 0.416 e. The molecule has 0 unspecified atom stereocenters. The highest BCUT2D eigenvalue weighted by Gasteiger charge is 2.31. The quantitative estimate of drug-likeness (QED) is 0.849. The molecule has 0 amide bonds. The van der Waals surface area contributed by atoms with Crippen molar-refractivity contribution in [3.8, 4) is 0 Å². The third-order valence-electron chi connectivity index (χ3n) is 4.20. The van der Waals surface area contributed by atoms with Gasteiger partial charge in [-0.05, 0) is 43.7 Å². The Labute approximate surface area is 126 Å². The highest BCUT2D eigenvalue weighted by Crippen LogP contribution is 2.32. The fourth-order valence-corrected chi connectivity index (χ4v) is 2.84. The lowest BCUT2D eigenvalue weighted by atomic mass is 9.79. The van der Waals surface area contributed by atoms with Gasteiger partial charge < -0.3 is 5.11 Å². The number of hydrogen-bond donors (Lipinski definition) is 1. The average molecular weight is 314 g/mol. The monoisotopic (exact) mass is 314 g/mol. The topological polar surface area (TPSA) is 54.4 Å². The Hall–Kier alpha value is -1.85. The lowest BCUT2D eigenvalue weighted by Crippen LogP contribution is -2.22. The van der Waals surface area contributed by atoms with Crippen LogP contribution in [0.5, 0.6) is 0 Å². The Bertz CT molecular complexity index is 541. The largest absolute Gasteiger partial charge is 0.481 e. The van der Waals surface area contributed by atoms with Crippen LogP contribution in [0, 0.1) is 11.8 Å². The van der Waals surface area contributed by atoms with Crippen LogP contribution in [0.25, 0.3) is 0 Å². The second-order valence-electron chi connectivity index (χ2n) is 5.76. The molecule has 1 saturated carbocycles. The summed E-state index contributed by atoms with van der Waals surface area (Å²) >= 11 is 0. The highest BCUT2D eigenvalue weighted by atomic mass is 19.4. The van der Waals surface area contributed by atoms with E-state index in [1.807, 2.05) is 0 Å². The molecule has 0 aliphatic heterocycles. The van der Waals surface area contributed by atoms with Crippen molar-refractivity contribution < 1.29 is 27.9 Å². The number of carboxylic acids is 1. The van der Waals surface area contributed by atoms with Gasteiger partial charge in [-0.1, -0.05) is 12.1 Å². The standard InChI is InChI=1S/C16H17F3O3/c17-16(18,19)13-7-5-11(6-8-13)14(20)9-10-1-3-12(4-2-10)15(21)22/h5-8,10,12H,1-4,9H2,(H,21,22). The molecule has 120 valence electrons. The number of halogens is 3. The molecule has 1 aliphatic carbocycles. The third-order valence-corrected chi connectivity index (χ3v) is 4.20. The van der Waals surface area contributed by atoms with Gasteiger partial charge >= 0.3 is 12.1 Å². The van der Waals surface area contributed by atoms with Crippen LogP contribution in [-0.4, -0.2) is 16.9 Å². The molecule has 6 heteroatoms. The molecule has 3 nitrogen and oxygen atoms in total. The summed E-state index contributed by atoms with van der Waals surface area (Å²) in [5.74, 6) is -1.21. The molecule has 0 saturated heterocycles. The van der Waals surface area contributed by atoms with Gasteiger partial charge in [0.05, 0.1) is 11.5 Å². The summed E-state index contributed by atoms with van der Waals surface area (Å²) in [6, 6.07) is 4.23. The molecular weight excluding hydrogens is 297 g/mol. The van der Waals surface area contributed by atoms with E-state index in [0.29, 0.717) is 25.7 Å². The summed E-state index contributed by atoms with van der Waals surface area (Å²) < 4.78 is 37.4. The first kappa shape index (κ1) is 16.5. The van der Waals surface area contributed by atoms with Crippen molar-refractivity contribution in [2.45, 2.75) is 38.3 Å². The van der Waals surface area contributed by atoms with E-state index in [1.165, 1.54) is 12.1 Å². The number of carbonyl (C=O) groups is 2. The molecular formula is C16H17F3O3. The molecule has 0 bridgehead atoms. The fourth-order valence-electron chi connectivity index (χ4n) is 2.84. The number of rotatable bonds is 4. The molecule has 1 N–H and O–H groups in total. The predicted octanol–water partition coefficient (Wildman–Crippen LogP) is 4.17. The van der Waals surface area contributed by atoms with Crippen molar-refractivity contribution in [1.82, 2.24) is 0 Å². The van der Waals surface area contributed by atoms with Crippen molar-refractivity contribution in [3.63, 3.8) is 0 Å². The van der Waals surface area contributed by atoms with Crippen LogP contribution in [0.1, 0.15) is 48.0 Å². The van der Waals surface area contributed by atoms with Gasteiger partial charge in [-0.3, -0.25) is 9.59 Å². The van der Waals surface area contributed by atoms with Crippen LogP contribution >= 0.6 is 0 Å². The maximum absolute atomic E-state index is 12.5. The van der Waals surface area contributed by atoms with E-state index in [2.05, 4.69) is 0 Å². The van der Waals surface area contributed by atoms with Crippen LogP contribution in [0.2, 0.25) is 0 Å². The number of hydrogen-bond acceptors (Lipinski definition) is 2. The van der Waals surface area contributed by atoms with E-state index in [-0.39, 0.29) is 29.6 Å². The van der Waals surface area contributed by atoms with E-state index in [9.17, 15) is 22.8 Å². The van der Waals surface area contributed by atoms with Crippen molar-refractivity contribution in [1.29, 1.82) is 0 Å². The molecule has 1 fully saturated rings. The summed E-state index contributed by atoms with van der Waals surface area (Å²) in [5, 5.41) is 8.92. The van der Waals surface area contributed by atoms with Crippen molar-refractivity contribution in [2.24, 2.45) is 11.8 Å². The second kappa shape index (κ2) is 6.50. The maximum Gasteiger partial charge on any atom is 0.416 e. The number of carbonyl (C=O) groups excluding carboxylic acids is 1. The van der Waals surface area contributed by atoms with Crippen LogP contribution in [0.15, 0.2) is 24.3 Å². The van der Waals surface area contributed by atoms with Gasteiger partial charge in [-0.2, -0.15) is 13.2 Å². The van der Waals surface area contributed by atoms with E-state index in [0.717, 1.165) is 12.1 Å². The minimum absolute atomic E-state index is 0.116. The molecule has 1 aromatic carbocycles. The number of Topliss-reactive ketones (excluding diaryl/α,β-unsaturated/α-hetero) is 1. The Balaban J connectivity index is 1.92. The first-order chi connectivity index (χ1) is 10.3. The molecule has 1 aliphatic rings.